The van der Waals surface area contributed by atoms with Gasteiger partial charge in [0.15, 0.2) is 0 Å². The number of hydrogen-bond acceptors (Lipinski definition) is 4. The Balaban J connectivity index is 3.14. The normalized spacial score (nSPS) is 12.0. The Morgan fingerprint density at radius 1 is 1.56 bits per heavy atom. The SMILES string of the molecule is C=CCN(C)S(=O)(=O)c1c(C)csc1CNCC. The zero-order valence-electron chi connectivity index (χ0n) is 11.1. The molecule has 0 aliphatic heterocycles. The van der Waals surface area contributed by atoms with E-state index in [9.17, 15) is 8.42 Å². The Labute approximate surface area is 113 Å². The molecule has 4 nitrogen and oxygen atoms in total. The molecule has 0 bridgehead atoms. The van der Waals surface area contributed by atoms with Crippen molar-refractivity contribution >= 4 is 21.4 Å². The number of hydrogen-bond donors (Lipinski definition) is 1. The monoisotopic (exact) mass is 288 g/mol. The van der Waals surface area contributed by atoms with Crippen molar-refractivity contribution in [1.29, 1.82) is 0 Å². The van der Waals surface area contributed by atoms with Gasteiger partial charge in [0.1, 0.15) is 4.90 Å². The minimum atomic E-state index is -3.42. The molecule has 0 atom stereocenters. The third-order valence-corrected chi connectivity index (χ3v) is 5.87. The van der Waals surface area contributed by atoms with Crippen LogP contribution in [0.3, 0.4) is 0 Å². The lowest BCUT2D eigenvalue weighted by molar-refractivity contribution is 0.498. The number of rotatable bonds is 7. The fourth-order valence-corrected chi connectivity index (χ4v) is 4.49. The van der Waals surface area contributed by atoms with Crippen LogP contribution in [0.4, 0.5) is 0 Å². The fraction of sp³-hybridized carbons (Fsp3) is 0.500. The van der Waals surface area contributed by atoms with Gasteiger partial charge in [0.05, 0.1) is 0 Å². The third kappa shape index (κ3) is 3.20. The van der Waals surface area contributed by atoms with E-state index in [1.807, 2.05) is 19.2 Å². The van der Waals surface area contributed by atoms with E-state index in [1.54, 1.807) is 13.1 Å². The Morgan fingerprint density at radius 3 is 2.78 bits per heavy atom. The Hall–Kier alpha value is -0.690. The molecule has 18 heavy (non-hydrogen) atoms. The average Bonchev–Trinajstić information content (AvgIpc) is 2.68. The number of nitrogens with zero attached hydrogens (tertiary/aromatic N) is 1. The smallest absolute Gasteiger partial charge is 0.244 e. The lowest BCUT2D eigenvalue weighted by Crippen LogP contribution is -2.28. The van der Waals surface area contributed by atoms with Crippen molar-refractivity contribution in [2.45, 2.75) is 25.3 Å². The summed E-state index contributed by atoms with van der Waals surface area (Å²) >= 11 is 1.48. The van der Waals surface area contributed by atoms with Crippen molar-refractivity contribution in [3.8, 4) is 0 Å². The van der Waals surface area contributed by atoms with Crippen LogP contribution >= 0.6 is 11.3 Å². The summed E-state index contributed by atoms with van der Waals surface area (Å²) in [6.45, 7) is 9.13. The summed E-state index contributed by atoms with van der Waals surface area (Å²) in [6.07, 6.45) is 1.59. The summed E-state index contributed by atoms with van der Waals surface area (Å²) in [6, 6.07) is 0. The van der Waals surface area contributed by atoms with E-state index in [4.69, 9.17) is 0 Å². The number of aryl methyl sites for hydroxylation is 1. The summed E-state index contributed by atoms with van der Waals surface area (Å²) in [5.74, 6) is 0. The molecule has 0 saturated carbocycles. The van der Waals surface area contributed by atoms with Gasteiger partial charge in [-0.1, -0.05) is 13.0 Å². The first kappa shape index (κ1) is 15.4. The second kappa shape index (κ2) is 6.47. The maximum Gasteiger partial charge on any atom is 0.244 e. The van der Waals surface area contributed by atoms with Crippen molar-refractivity contribution in [3.05, 3.63) is 28.5 Å². The lowest BCUT2D eigenvalue weighted by atomic mass is 10.3. The number of thiophene rings is 1. The van der Waals surface area contributed by atoms with Crippen molar-refractivity contribution in [2.75, 3.05) is 20.1 Å². The molecule has 0 aliphatic rings. The van der Waals surface area contributed by atoms with Crippen LogP contribution in [-0.4, -0.2) is 32.9 Å². The highest BCUT2D eigenvalue weighted by atomic mass is 32.2. The van der Waals surface area contributed by atoms with Crippen molar-refractivity contribution in [2.24, 2.45) is 0 Å². The van der Waals surface area contributed by atoms with E-state index in [-0.39, 0.29) is 0 Å². The molecule has 0 aromatic carbocycles. The molecule has 0 saturated heterocycles. The van der Waals surface area contributed by atoms with Gasteiger partial charge < -0.3 is 5.32 Å². The molecule has 0 unspecified atom stereocenters. The highest BCUT2D eigenvalue weighted by Gasteiger charge is 2.26. The van der Waals surface area contributed by atoms with E-state index < -0.39 is 10.0 Å². The van der Waals surface area contributed by atoms with E-state index >= 15 is 0 Å². The van der Waals surface area contributed by atoms with Gasteiger partial charge in [-0.3, -0.25) is 0 Å². The number of likely N-dealkylation sites (N-methyl/N-ethyl adjacent to an activating group) is 1. The molecule has 0 spiro atoms. The first-order valence-corrected chi connectivity index (χ1v) is 8.12. The topological polar surface area (TPSA) is 49.4 Å². The van der Waals surface area contributed by atoms with Crippen LogP contribution < -0.4 is 5.32 Å². The zero-order chi connectivity index (χ0) is 13.8. The van der Waals surface area contributed by atoms with Crippen LogP contribution in [0, 0.1) is 6.92 Å². The molecule has 0 fully saturated rings. The summed E-state index contributed by atoms with van der Waals surface area (Å²) in [4.78, 5) is 1.31. The number of nitrogens with one attached hydrogen (secondary N) is 1. The largest absolute Gasteiger partial charge is 0.312 e. The first-order chi connectivity index (χ1) is 8.45. The minimum Gasteiger partial charge on any atom is -0.312 e. The molecule has 6 heteroatoms. The Kier molecular flexibility index (Phi) is 5.52. The summed E-state index contributed by atoms with van der Waals surface area (Å²) in [5, 5.41) is 5.06. The van der Waals surface area contributed by atoms with Gasteiger partial charge in [-0.2, -0.15) is 4.31 Å². The van der Waals surface area contributed by atoms with Gasteiger partial charge in [-0.15, -0.1) is 17.9 Å². The fourth-order valence-electron chi connectivity index (χ4n) is 1.63. The van der Waals surface area contributed by atoms with Gasteiger partial charge in [-0.05, 0) is 24.4 Å². The molecule has 102 valence electrons. The second-order valence-corrected chi connectivity index (χ2v) is 6.97. The predicted molar refractivity (Wildman–Crippen MR) is 76.4 cm³/mol. The van der Waals surface area contributed by atoms with Crippen LogP contribution in [0.1, 0.15) is 17.4 Å². The van der Waals surface area contributed by atoms with E-state index in [0.29, 0.717) is 18.0 Å². The molecular formula is C12H20N2O2S2. The molecule has 1 rings (SSSR count). The molecular weight excluding hydrogens is 268 g/mol. The van der Waals surface area contributed by atoms with Crippen LogP contribution in [-0.2, 0) is 16.6 Å². The van der Waals surface area contributed by atoms with Crippen LogP contribution in [0.2, 0.25) is 0 Å². The van der Waals surface area contributed by atoms with E-state index in [1.165, 1.54) is 15.6 Å². The highest BCUT2D eigenvalue weighted by Crippen LogP contribution is 2.28. The third-order valence-electron chi connectivity index (χ3n) is 2.58. The molecule has 0 amide bonds. The lowest BCUT2D eigenvalue weighted by Gasteiger charge is -2.16. The summed E-state index contributed by atoms with van der Waals surface area (Å²) in [7, 11) is -1.84. The summed E-state index contributed by atoms with van der Waals surface area (Å²) < 4.78 is 26.2. The van der Waals surface area contributed by atoms with Crippen molar-refractivity contribution in [1.82, 2.24) is 9.62 Å². The Bertz CT molecular complexity index is 506. The average molecular weight is 288 g/mol. The van der Waals surface area contributed by atoms with Gasteiger partial charge in [0.2, 0.25) is 10.0 Å². The van der Waals surface area contributed by atoms with E-state index in [2.05, 4.69) is 11.9 Å². The van der Waals surface area contributed by atoms with Gasteiger partial charge in [0, 0.05) is 25.0 Å². The minimum absolute atomic E-state index is 0.318. The number of sulfonamides is 1. The second-order valence-electron chi connectivity index (χ2n) is 4.03. The van der Waals surface area contributed by atoms with Gasteiger partial charge in [-0.25, -0.2) is 8.42 Å². The van der Waals surface area contributed by atoms with Crippen molar-refractivity contribution in [3.63, 3.8) is 0 Å². The maximum atomic E-state index is 12.4. The molecule has 0 aliphatic carbocycles. The van der Waals surface area contributed by atoms with Crippen LogP contribution in [0.15, 0.2) is 22.9 Å². The molecule has 1 heterocycles. The first-order valence-electron chi connectivity index (χ1n) is 5.80. The quantitative estimate of drug-likeness (QED) is 0.780. The van der Waals surface area contributed by atoms with E-state index in [0.717, 1.165) is 17.0 Å². The maximum absolute atomic E-state index is 12.4. The molecule has 1 aromatic heterocycles. The van der Waals surface area contributed by atoms with Crippen molar-refractivity contribution < 1.29 is 8.42 Å². The predicted octanol–water partition coefficient (Wildman–Crippen LogP) is 1.97. The molecule has 1 N–H and O–H groups in total. The van der Waals surface area contributed by atoms with Crippen LogP contribution in [0.5, 0.6) is 0 Å². The molecule has 1 aromatic rings. The van der Waals surface area contributed by atoms with Gasteiger partial charge in [0.25, 0.3) is 0 Å². The summed E-state index contributed by atoms with van der Waals surface area (Å²) in [5.41, 5.74) is 0.809. The highest BCUT2D eigenvalue weighted by molar-refractivity contribution is 7.89. The standard InChI is InChI=1S/C12H20N2O2S2/c1-5-7-14(4)18(15,16)12-10(3)9-17-11(12)8-13-6-2/h5,9,13H,1,6-8H2,2-4H3. The molecule has 0 radical (unpaired) electrons. The van der Waals surface area contributed by atoms with Crippen LogP contribution in [0.25, 0.3) is 0 Å². The zero-order valence-corrected chi connectivity index (χ0v) is 12.7. The Morgan fingerprint density at radius 2 is 2.22 bits per heavy atom. The van der Waals surface area contributed by atoms with Gasteiger partial charge >= 0.3 is 0 Å².